The van der Waals surface area contributed by atoms with Crippen molar-refractivity contribution in [2.75, 3.05) is 19.8 Å². The second kappa shape index (κ2) is 13.5. The van der Waals surface area contributed by atoms with Crippen LogP contribution in [0.25, 0.3) is 6.08 Å². The summed E-state index contributed by atoms with van der Waals surface area (Å²) in [7, 11) is 0. The van der Waals surface area contributed by atoms with E-state index in [0.717, 1.165) is 11.3 Å². The van der Waals surface area contributed by atoms with Crippen molar-refractivity contribution in [2.24, 2.45) is 0 Å². The standard InChI is InChI=1S/C23H25N3O6S/c1-3-30-18-10-5-16(6-11-18)7-14-20(27)24-23(33)26-25-21(28)15-32-19-12-8-17(9-13-19)22(29)31-4-2/h5-14H,3-4,15H2,1-2H3,(H,25,28)(H2,24,26,27,33)/b14-7+. The quantitative estimate of drug-likeness (QED) is 0.221. The molecule has 0 unspecified atom stereocenters. The van der Waals surface area contributed by atoms with Crippen molar-refractivity contribution < 1.29 is 28.6 Å². The molecule has 10 heteroatoms. The van der Waals surface area contributed by atoms with Crippen molar-refractivity contribution in [1.82, 2.24) is 16.2 Å². The Bertz CT molecular complexity index is 990. The minimum atomic E-state index is -0.522. The lowest BCUT2D eigenvalue weighted by molar-refractivity contribution is -0.123. The van der Waals surface area contributed by atoms with Gasteiger partial charge in [0.2, 0.25) is 5.91 Å². The van der Waals surface area contributed by atoms with Gasteiger partial charge in [0, 0.05) is 6.08 Å². The number of carbonyl (C=O) groups is 3. The Morgan fingerprint density at radius 2 is 1.52 bits per heavy atom. The molecule has 174 valence electrons. The molecule has 0 aliphatic carbocycles. The van der Waals surface area contributed by atoms with E-state index in [1.54, 1.807) is 37.3 Å². The second-order valence-electron chi connectivity index (χ2n) is 6.36. The number of esters is 1. The number of hydrazine groups is 1. The molecule has 2 aromatic carbocycles. The number of hydrogen-bond acceptors (Lipinski definition) is 7. The van der Waals surface area contributed by atoms with Crippen LogP contribution >= 0.6 is 12.2 Å². The normalized spacial score (nSPS) is 10.2. The van der Waals surface area contributed by atoms with E-state index in [0.29, 0.717) is 17.9 Å². The zero-order valence-electron chi connectivity index (χ0n) is 18.3. The van der Waals surface area contributed by atoms with Crippen LogP contribution < -0.4 is 25.6 Å². The smallest absolute Gasteiger partial charge is 0.338 e. The van der Waals surface area contributed by atoms with Gasteiger partial charge in [-0.1, -0.05) is 12.1 Å². The Kier molecular flexibility index (Phi) is 10.4. The topological polar surface area (TPSA) is 115 Å². The molecule has 0 atom stereocenters. The number of ether oxygens (including phenoxy) is 3. The van der Waals surface area contributed by atoms with Crippen molar-refractivity contribution in [2.45, 2.75) is 13.8 Å². The van der Waals surface area contributed by atoms with Gasteiger partial charge in [-0.25, -0.2) is 4.79 Å². The van der Waals surface area contributed by atoms with Crippen LogP contribution in [0.15, 0.2) is 54.6 Å². The van der Waals surface area contributed by atoms with Crippen LogP contribution in [0.5, 0.6) is 11.5 Å². The van der Waals surface area contributed by atoms with Crippen LogP contribution in [0, 0.1) is 0 Å². The third kappa shape index (κ3) is 9.40. The van der Waals surface area contributed by atoms with Crippen LogP contribution in [-0.4, -0.2) is 42.7 Å². The highest BCUT2D eigenvalue weighted by Crippen LogP contribution is 2.13. The first-order valence-electron chi connectivity index (χ1n) is 10.1. The molecular weight excluding hydrogens is 446 g/mol. The van der Waals surface area contributed by atoms with E-state index in [9.17, 15) is 14.4 Å². The summed E-state index contributed by atoms with van der Waals surface area (Å²) in [6.07, 6.45) is 2.93. The van der Waals surface area contributed by atoms with Gasteiger partial charge in [-0.05, 0) is 74.1 Å². The molecule has 0 aromatic heterocycles. The average Bonchev–Trinajstić information content (AvgIpc) is 2.81. The highest BCUT2D eigenvalue weighted by atomic mass is 32.1. The molecule has 9 nitrogen and oxygen atoms in total. The SMILES string of the molecule is CCOC(=O)c1ccc(OCC(=O)NNC(=S)NC(=O)/C=C/c2ccc(OCC)cc2)cc1. The predicted molar refractivity (Wildman–Crippen MR) is 127 cm³/mol. The Morgan fingerprint density at radius 3 is 2.15 bits per heavy atom. The summed E-state index contributed by atoms with van der Waals surface area (Å²) in [6.45, 7) is 4.18. The molecule has 0 fully saturated rings. The molecule has 0 radical (unpaired) electrons. The second-order valence-corrected chi connectivity index (χ2v) is 6.77. The first-order chi connectivity index (χ1) is 15.9. The number of carbonyl (C=O) groups excluding carboxylic acids is 3. The Morgan fingerprint density at radius 1 is 0.879 bits per heavy atom. The minimum absolute atomic E-state index is 0.0801. The molecular formula is C23H25N3O6S. The van der Waals surface area contributed by atoms with Gasteiger partial charge in [0.1, 0.15) is 11.5 Å². The lowest BCUT2D eigenvalue weighted by Crippen LogP contribution is -2.49. The zero-order valence-corrected chi connectivity index (χ0v) is 19.1. The molecule has 33 heavy (non-hydrogen) atoms. The van der Waals surface area contributed by atoms with Crippen molar-refractivity contribution in [1.29, 1.82) is 0 Å². The molecule has 3 N–H and O–H groups in total. The van der Waals surface area contributed by atoms with Gasteiger partial charge in [-0.2, -0.15) is 0 Å². The summed E-state index contributed by atoms with van der Waals surface area (Å²) < 4.78 is 15.6. The van der Waals surface area contributed by atoms with Gasteiger partial charge in [0.05, 0.1) is 18.8 Å². The largest absolute Gasteiger partial charge is 0.494 e. The van der Waals surface area contributed by atoms with Gasteiger partial charge in [-0.15, -0.1) is 0 Å². The van der Waals surface area contributed by atoms with Gasteiger partial charge in [0.25, 0.3) is 5.91 Å². The summed E-state index contributed by atoms with van der Waals surface area (Å²) in [5.74, 6) is -0.276. The summed E-state index contributed by atoms with van der Waals surface area (Å²) in [5, 5.41) is 2.33. The Balaban J connectivity index is 1.69. The molecule has 0 bridgehead atoms. The first kappa shape index (κ1) is 25.3. The number of amides is 2. The van der Waals surface area contributed by atoms with E-state index in [4.69, 9.17) is 26.4 Å². The van der Waals surface area contributed by atoms with Crippen LogP contribution in [0.2, 0.25) is 0 Å². The lowest BCUT2D eigenvalue weighted by atomic mass is 10.2. The van der Waals surface area contributed by atoms with Crippen molar-refractivity contribution in [3.63, 3.8) is 0 Å². The van der Waals surface area contributed by atoms with Crippen LogP contribution in [0.1, 0.15) is 29.8 Å². The van der Waals surface area contributed by atoms with E-state index in [1.807, 2.05) is 19.1 Å². The lowest BCUT2D eigenvalue weighted by Gasteiger charge is -2.11. The number of rotatable bonds is 9. The summed E-state index contributed by atoms with van der Waals surface area (Å²) in [6, 6.07) is 13.4. The fraction of sp³-hybridized carbons (Fsp3) is 0.217. The maximum Gasteiger partial charge on any atom is 0.338 e. The number of nitrogens with one attached hydrogen (secondary N) is 3. The highest BCUT2D eigenvalue weighted by Gasteiger charge is 2.08. The summed E-state index contributed by atoms with van der Waals surface area (Å²) in [4.78, 5) is 35.4. The summed E-state index contributed by atoms with van der Waals surface area (Å²) >= 11 is 4.97. The molecule has 0 heterocycles. The highest BCUT2D eigenvalue weighted by molar-refractivity contribution is 7.80. The molecule has 0 saturated heterocycles. The third-order valence-corrected chi connectivity index (χ3v) is 4.11. The first-order valence-corrected chi connectivity index (χ1v) is 10.5. The van der Waals surface area contributed by atoms with Crippen LogP contribution in [0.3, 0.4) is 0 Å². The third-order valence-electron chi connectivity index (χ3n) is 3.91. The molecule has 2 rings (SSSR count). The molecule has 0 aliphatic rings. The molecule has 2 amide bonds. The van der Waals surface area contributed by atoms with Gasteiger partial charge in [-0.3, -0.25) is 25.8 Å². The average molecular weight is 472 g/mol. The van der Waals surface area contributed by atoms with Crippen LogP contribution in [-0.2, 0) is 14.3 Å². The molecule has 2 aromatic rings. The molecule has 0 saturated carbocycles. The summed E-state index contributed by atoms with van der Waals surface area (Å²) in [5.41, 5.74) is 5.93. The predicted octanol–water partition coefficient (Wildman–Crippen LogP) is 2.38. The monoisotopic (exact) mass is 471 g/mol. The maximum atomic E-state index is 11.9. The fourth-order valence-electron chi connectivity index (χ4n) is 2.41. The number of hydrogen-bond donors (Lipinski definition) is 3. The maximum absolute atomic E-state index is 11.9. The minimum Gasteiger partial charge on any atom is -0.494 e. The van der Waals surface area contributed by atoms with E-state index in [-0.39, 0.29) is 18.3 Å². The number of benzene rings is 2. The van der Waals surface area contributed by atoms with Crippen LogP contribution in [0.4, 0.5) is 0 Å². The van der Waals surface area contributed by atoms with Crippen molar-refractivity contribution in [3.05, 3.63) is 65.7 Å². The fourth-order valence-corrected chi connectivity index (χ4v) is 2.56. The van der Waals surface area contributed by atoms with E-state index >= 15 is 0 Å². The Labute approximate surface area is 197 Å². The van der Waals surface area contributed by atoms with Gasteiger partial charge in [0.15, 0.2) is 11.7 Å². The molecule has 0 aliphatic heterocycles. The van der Waals surface area contributed by atoms with E-state index in [1.165, 1.54) is 18.2 Å². The van der Waals surface area contributed by atoms with E-state index in [2.05, 4.69) is 16.2 Å². The Hall–Kier alpha value is -3.92. The van der Waals surface area contributed by atoms with E-state index < -0.39 is 17.8 Å². The molecule has 0 spiro atoms. The van der Waals surface area contributed by atoms with Crippen molar-refractivity contribution in [3.8, 4) is 11.5 Å². The number of thiocarbonyl (C=S) groups is 1. The zero-order chi connectivity index (χ0) is 24.1. The van der Waals surface area contributed by atoms with Gasteiger partial charge < -0.3 is 14.2 Å². The van der Waals surface area contributed by atoms with Crippen molar-refractivity contribution >= 4 is 41.2 Å². The van der Waals surface area contributed by atoms with Gasteiger partial charge >= 0.3 is 5.97 Å².